The molecule has 2 atom stereocenters. The van der Waals surface area contributed by atoms with Crippen LogP contribution in [0.1, 0.15) is 43.8 Å². The molecular weight excluding hydrogens is 338 g/mol. The summed E-state index contributed by atoms with van der Waals surface area (Å²) in [6.07, 6.45) is 5.48. The Bertz CT molecular complexity index is 725. The van der Waals surface area contributed by atoms with Gasteiger partial charge in [-0.05, 0) is 62.4 Å². The molecule has 2 fully saturated rings. The maximum Gasteiger partial charge on any atom is 0.227 e. The highest BCUT2D eigenvalue weighted by molar-refractivity contribution is 5.93. The van der Waals surface area contributed by atoms with E-state index in [9.17, 15) is 4.79 Å². The van der Waals surface area contributed by atoms with Crippen LogP contribution in [0.3, 0.4) is 0 Å². The van der Waals surface area contributed by atoms with E-state index in [-0.39, 0.29) is 24.2 Å². The smallest absolute Gasteiger partial charge is 0.227 e. The first-order valence-electron chi connectivity index (χ1n) is 8.78. The van der Waals surface area contributed by atoms with Gasteiger partial charge in [-0.3, -0.25) is 9.89 Å². The van der Waals surface area contributed by atoms with E-state index < -0.39 is 0 Å². The Labute approximate surface area is 153 Å². The minimum Gasteiger partial charge on any atom is -0.330 e. The first-order valence-corrected chi connectivity index (χ1v) is 8.78. The Morgan fingerprint density at radius 3 is 2.64 bits per heavy atom. The van der Waals surface area contributed by atoms with Crippen molar-refractivity contribution in [3.05, 3.63) is 30.1 Å². The van der Waals surface area contributed by atoms with Gasteiger partial charge in [-0.1, -0.05) is 6.42 Å². The van der Waals surface area contributed by atoms with Crippen LogP contribution in [0.2, 0.25) is 0 Å². The van der Waals surface area contributed by atoms with Crippen molar-refractivity contribution in [2.24, 2.45) is 17.6 Å². The fourth-order valence-corrected chi connectivity index (χ4v) is 3.54. The van der Waals surface area contributed by atoms with Crippen molar-refractivity contribution in [2.75, 3.05) is 11.9 Å². The Balaban J connectivity index is 0.00000182. The topological polar surface area (TPSA) is 96.7 Å². The van der Waals surface area contributed by atoms with Gasteiger partial charge in [0.25, 0.3) is 0 Å². The van der Waals surface area contributed by atoms with Gasteiger partial charge in [0.1, 0.15) is 5.82 Å². The maximum absolute atomic E-state index is 12.4. The van der Waals surface area contributed by atoms with Crippen molar-refractivity contribution < 1.29 is 4.79 Å². The van der Waals surface area contributed by atoms with Gasteiger partial charge in [-0.2, -0.15) is 5.10 Å². The predicted molar refractivity (Wildman–Crippen MR) is 99.6 cm³/mol. The highest BCUT2D eigenvalue weighted by Crippen LogP contribution is 2.38. The molecule has 0 bridgehead atoms. The Kier molecular flexibility index (Phi) is 5.39. The van der Waals surface area contributed by atoms with Gasteiger partial charge in [-0.25, -0.2) is 4.98 Å². The van der Waals surface area contributed by atoms with Crippen molar-refractivity contribution in [1.29, 1.82) is 0 Å². The summed E-state index contributed by atoms with van der Waals surface area (Å²) in [7, 11) is 0. The summed E-state index contributed by atoms with van der Waals surface area (Å²) in [6.45, 7) is 0.588. The van der Waals surface area contributed by atoms with Crippen LogP contribution < -0.4 is 11.1 Å². The maximum atomic E-state index is 12.4. The minimum absolute atomic E-state index is 0. The lowest BCUT2D eigenvalue weighted by molar-refractivity contribution is -0.120. The number of carbonyl (C=O) groups excluding carboxylic acids is 1. The molecule has 0 aliphatic heterocycles. The largest absolute Gasteiger partial charge is 0.330 e. The highest BCUT2D eigenvalue weighted by Gasteiger charge is 2.32. The average Bonchev–Trinajstić information content (AvgIpc) is 3.14. The van der Waals surface area contributed by atoms with E-state index in [0.29, 0.717) is 24.2 Å². The number of hydrogen-bond acceptors (Lipinski definition) is 4. The quantitative estimate of drug-likeness (QED) is 0.762. The molecule has 1 aromatic heterocycles. The van der Waals surface area contributed by atoms with Crippen LogP contribution in [-0.2, 0) is 4.79 Å². The number of nitrogens with zero attached hydrogens (tertiary/aromatic N) is 2. The molecule has 4 rings (SSSR count). The molecule has 2 aromatic rings. The van der Waals surface area contributed by atoms with Crippen molar-refractivity contribution in [3.8, 4) is 11.4 Å². The molecule has 2 aliphatic rings. The molecule has 0 spiro atoms. The summed E-state index contributed by atoms with van der Waals surface area (Å²) in [5.41, 5.74) is 7.54. The van der Waals surface area contributed by atoms with E-state index in [0.717, 1.165) is 36.3 Å². The number of carbonyl (C=O) groups is 1. The number of hydrogen-bond donors (Lipinski definition) is 3. The minimum atomic E-state index is 0. The molecule has 0 saturated heterocycles. The molecule has 4 N–H and O–H groups in total. The zero-order chi connectivity index (χ0) is 16.5. The summed E-state index contributed by atoms with van der Waals surface area (Å²) in [5.74, 6) is 2.71. The number of aromatic nitrogens is 3. The van der Waals surface area contributed by atoms with Crippen LogP contribution in [0, 0.1) is 11.8 Å². The summed E-state index contributed by atoms with van der Waals surface area (Å²) < 4.78 is 0. The fourth-order valence-electron chi connectivity index (χ4n) is 3.54. The highest BCUT2D eigenvalue weighted by atomic mass is 35.5. The lowest BCUT2D eigenvalue weighted by atomic mass is 9.95. The van der Waals surface area contributed by atoms with Gasteiger partial charge < -0.3 is 11.1 Å². The summed E-state index contributed by atoms with van der Waals surface area (Å²) in [5, 5.41) is 10.3. The van der Waals surface area contributed by atoms with E-state index in [4.69, 9.17) is 5.73 Å². The van der Waals surface area contributed by atoms with Crippen molar-refractivity contribution in [2.45, 2.75) is 38.0 Å². The molecule has 2 aliphatic carbocycles. The first kappa shape index (κ1) is 17.9. The monoisotopic (exact) mass is 361 g/mol. The normalized spacial score (nSPS) is 22.4. The molecule has 1 aromatic carbocycles. The van der Waals surface area contributed by atoms with Gasteiger partial charge in [0.15, 0.2) is 5.82 Å². The van der Waals surface area contributed by atoms with E-state index in [1.807, 2.05) is 24.3 Å². The second kappa shape index (κ2) is 7.54. The molecule has 2 saturated carbocycles. The summed E-state index contributed by atoms with van der Waals surface area (Å²) in [4.78, 5) is 17.0. The number of benzene rings is 1. The second-order valence-corrected chi connectivity index (χ2v) is 6.92. The van der Waals surface area contributed by atoms with Crippen LogP contribution >= 0.6 is 12.4 Å². The standard InChI is InChI=1S/C18H23N5O.ClH/c19-10-13-2-1-3-15(13)18(24)20-14-8-6-12(7-9-14)17-21-16(22-23-17)11-4-5-11;/h6-9,11,13,15H,1-5,10,19H2,(H,20,24)(H,21,22,23);1H/t13-,15-;/m1./s1. The molecule has 7 heteroatoms. The van der Waals surface area contributed by atoms with Crippen LogP contribution in [0.25, 0.3) is 11.4 Å². The number of H-pyrrole nitrogens is 1. The van der Waals surface area contributed by atoms with Crippen molar-refractivity contribution >= 4 is 24.0 Å². The SMILES string of the molecule is Cl.NC[C@H]1CCC[C@H]1C(=O)Nc1ccc(-c2n[nH]c(C3CC3)n2)cc1. The Hall–Kier alpha value is -1.92. The number of rotatable bonds is 5. The van der Waals surface area contributed by atoms with Gasteiger partial charge in [-0.15, -0.1) is 12.4 Å². The number of anilines is 1. The first-order chi connectivity index (χ1) is 11.7. The molecule has 1 amide bonds. The van der Waals surface area contributed by atoms with Crippen molar-refractivity contribution in [3.63, 3.8) is 0 Å². The Morgan fingerprint density at radius 1 is 1.20 bits per heavy atom. The zero-order valence-electron chi connectivity index (χ0n) is 14.1. The summed E-state index contributed by atoms with van der Waals surface area (Å²) >= 11 is 0. The number of nitrogens with two attached hydrogens (primary N) is 1. The number of amides is 1. The van der Waals surface area contributed by atoms with Crippen LogP contribution in [0.4, 0.5) is 5.69 Å². The third kappa shape index (κ3) is 3.85. The van der Waals surface area contributed by atoms with Gasteiger partial charge in [0, 0.05) is 23.1 Å². The van der Waals surface area contributed by atoms with E-state index in [2.05, 4.69) is 20.5 Å². The average molecular weight is 362 g/mol. The molecule has 0 unspecified atom stereocenters. The Morgan fingerprint density at radius 2 is 1.96 bits per heavy atom. The number of nitrogens with one attached hydrogen (secondary N) is 2. The zero-order valence-corrected chi connectivity index (χ0v) is 14.9. The van der Waals surface area contributed by atoms with Crippen LogP contribution in [0.5, 0.6) is 0 Å². The van der Waals surface area contributed by atoms with Gasteiger partial charge in [0.05, 0.1) is 0 Å². The molecule has 25 heavy (non-hydrogen) atoms. The number of aromatic amines is 1. The second-order valence-electron chi connectivity index (χ2n) is 6.92. The predicted octanol–water partition coefficient (Wildman–Crippen LogP) is 3.08. The third-order valence-corrected chi connectivity index (χ3v) is 5.18. The lowest BCUT2D eigenvalue weighted by Gasteiger charge is -2.17. The third-order valence-electron chi connectivity index (χ3n) is 5.18. The van der Waals surface area contributed by atoms with E-state index in [1.54, 1.807) is 0 Å². The van der Waals surface area contributed by atoms with Crippen LogP contribution in [0.15, 0.2) is 24.3 Å². The van der Waals surface area contributed by atoms with Gasteiger partial charge >= 0.3 is 0 Å². The van der Waals surface area contributed by atoms with Crippen molar-refractivity contribution in [1.82, 2.24) is 15.2 Å². The molecule has 0 radical (unpaired) electrons. The fraction of sp³-hybridized carbons (Fsp3) is 0.500. The van der Waals surface area contributed by atoms with Crippen LogP contribution in [-0.4, -0.2) is 27.6 Å². The van der Waals surface area contributed by atoms with E-state index >= 15 is 0 Å². The molecule has 134 valence electrons. The lowest BCUT2D eigenvalue weighted by Crippen LogP contribution is -2.29. The molecule has 6 nitrogen and oxygen atoms in total. The van der Waals surface area contributed by atoms with E-state index in [1.165, 1.54) is 12.8 Å². The van der Waals surface area contributed by atoms with Gasteiger partial charge in [0.2, 0.25) is 5.91 Å². The molecular formula is C18H24ClN5O. The number of halogens is 1. The molecule has 1 heterocycles. The summed E-state index contributed by atoms with van der Waals surface area (Å²) in [6, 6.07) is 7.72.